The molecule has 1 fully saturated rings. The minimum atomic E-state index is -0.266. The first-order valence-electron chi connectivity index (χ1n) is 6.22. The molecule has 2 nitrogen and oxygen atoms in total. The fraction of sp³-hybridized carbons (Fsp3) is 0.857. The van der Waals surface area contributed by atoms with E-state index in [1.54, 1.807) is 6.92 Å². The van der Waals surface area contributed by atoms with Gasteiger partial charge in [0.05, 0.1) is 0 Å². The maximum atomic E-state index is 12.3. The van der Waals surface area contributed by atoms with E-state index < -0.39 is 0 Å². The summed E-state index contributed by atoms with van der Waals surface area (Å²) in [5.41, 5.74) is -0.470. The van der Waals surface area contributed by atoms with E-state index in [-0.39, 0.29) is 22.5 Å². The van der Waals surface area contributed by atoms with Crippen LogP contribution in [0.15, 0.2) is 0 Å². The van der Waals surface area contributed by atoms with E-state index in [1.165, 1.54) is 0 Å². The molecular weight excluding hydrogens is 200 g/mol. The molecule has 0 atom stereocenters. The summed E-state index contributed by atoms with van der Waals surface area (Å²) in [6.07, 6.45) is 3.50. The molecule has 1 aliphatic carbocycles. The van der Waals surface area contributed by atoms with Gasteiger partial charge < -0.3 is 0 Å². The first-order chi connectivity index (χ1) is 7.17. The van der Waals surface area contributed by atoms with Gasteiger partial charge in [-0.25, -0.2) is 0 Å². The van der Waals surface area contributed by atoms with Crippen molar-refractivity contribution in [3.05, 3.63) is 0 Å². The average Bonchev–Trinajstić information content (AvgIpc) is 2.16. The average molecular weight is 224 g/mol. The molecular formula is C14H24O2. The van der Waals surface area contributed by atoms with Gasteiger partial charge in [-0.1, -0.05) is 27.7 Å². The van der Waals surface area contributed by atoms with E-state index >= 15 is 0 Å². The minimum absolute atomic E-state index is 0.195. The normalized spacial score (nSPS) is 31.2. The molecule has 16 heavy (non-hydrogen) atoms. The standard InChI is InChI=1S/C14H24O2/c1-10(15)11-6-8-14(5,9-7-11)12(16)13(2,3)4/h11H,6-9H2,1-5H3. The predicted molar refractivity (Wildman–Crippen MR) is 65.2 cm³/mol. The smallest absolute Gasteiger partial charge is 0.144 e. The molecule has 0 amide bonds. The van der Waals surface area contributed by atoms with Gasteiger partial charge in [-0.05, 0) is 32.6 Å². The Morgan fingerprint density at radius 2 is 1.56 bits per heavy atom. The molecule has 0 spiro atoms. The summed E-state index contributed by atoms with van der Waals surface area (Å²) in [6.45, 7) is 9.68. The zero-order valence-electron chi connectivity index (χ0n) is 11.2. The van der Waals surface area contributed by atoms with Crippen molar-refractivity contribution in [2.75, 3.05) is 0 Å². The van der Waals surface area contributed by atoms with Crippen LogP contribution in [0.2, 0.25) is 0 Å². The van der Waals surface area contributed by atoms with Crippen LogP contribution in [0.25, 0.3) is 0 Å². The Kier molecular flexibility index (Phi) is 3.61. The molecule has 2 heteroatoms. The Balaban J connectivity index is 2.70. The van der Waals surface area contributed by atoms with Crippen molar-refractivity contribution in [3.8, 4) is 0 Å². The van der Waals surface area contributed by atoms with E-state index in [1.807, 2.05) is 20.8 Å². The van der Waals surface area contributed by atoms with E-state index in [0.29, 0.717) is 5.78 Å². The van der Waals surface area contributed by atoms with Crippen LogP contribution in [0.5, 0.6) is 0 Å². The van der Waals surface area contributed by atoms with Crippen LogP contribution in [-0.4, -0.2) is 11.6 Å². The highest BCUT2D eigenvalue weighted by molar-refractivity contribution is 5.89. The lowest BCUT2D eigenvalue weighted by Gasteiger charge is -2.39. The van der Waals surface area contributed by atoms with Gasteiger partial charge in [0.2, 0.25) is 0 Å². The lowest BCUT2D eigenvalue weighted by molar-refractivity contribution is -0.139. The van der Waals surface area contributed by atoms with Crippen molar-refractivity contribution >= 4 is 11.6 Å². The SMILES string of the molecule is CC(=O)C1CCC(C)(C(=O)C(C)(C)C)CC1. The Hall–Kier alpha value is -0.660. The van der Waals surface area contributed by atoms with Crippen LogP contribution in [0, 0.1) is 16.7 Å². The van der Waals surface area contributed by atoms with E-state index in [9.17, 15) is 9.59 Å². The molecule has 0 N–H and O–H groups in total. The second-order valence-electron chi connectivity index (χ2n) is 6.52. The summed E-state index contributed by atoms with van der Waals surface area (Å²) in [5, 5.41) is 0. The molecule has 1 aliphatic rings. The number of hydrogen-bond donors (Lipinski definition) is 0. The largest absolute Gasteiger partial charge is 0.300 e. The number of Topliss-reactive ketones (excluding diaryl/α,β-unsaturated/α-hetero) is 2. The van der Waals surface area contributed by atoms with Crippen molar-refractivity contribution in [1.82, 2.24) is 0 Å². The van der Waals surface area contributed by atoms with Gasteiger partial charge in [0.25, 0.3) is 0 Å². The van der Waals surface area contributed by atoms with Crippen molar-refractivity contribution in [3.63, 3.8) is 0 Å². The van der Waals surface area contributed by atoms with Gasteiger partial charge in [0.15, 0.2) is 0 Å². The zero-order valence-corrected chi connectivity index (χ0v) is 11.2. The molecule has 1 saturated carbocycles. The maximum absolute atomic E-state index is 12.3. The fourth-order valence-electron chi connectivity index (χ4n) is 2.79. The van der Waals surface area contributed by atoms with Crippen LogP contribution < -0.4 is 0 Å². The summed E-state index contributed by atoms with van der Waals surface area (Å²) in [6, 6.07) is 0. The van der Waals surface area contributed by atoms with Gasteiger partial charge in [-0.3, -0.25) is 9.59 Å². The molecule has 0 aromatic carbocycles. The number of carbonyl (C=O) groups excluding carboxylic acids is 2. The highest BCUT2D eigenvalue weighted by atomic mass is 16.1. The third kappa shape index (κ3) is 2.72. The summed E-state index contributed by atoms with van der Waals surface area (Å²) in [4.78, 5) is 23.6. The number of hydrogen-bond acceptors (Lipinski definition) is 2. The molecule has 0 aromatic rings. The molecule has 0 aromatic heterocycles. The summed E-state index contributed by atoms with van der Waals surface area (Å²) >= 11 is 0. The monoisotopic (exact) mass is 224 g/mol. The number of rotatable bonds is 2. The quantitative estimate of drug-likeness (QED) is 0.720. The molecule has 0 radical (unpaired) electrons. The van der Waals surface area contributed by atoms with Gasteiger partial charge in [0, 0.05) is 16.7 Å². The molecule has 0 heterocycles. The van der Waals surface area contributed by atoms with Gasteiger partial charge in [-0.15, -0.1) is 0 Å². The minimum Gasteiger partial charge on any atom is -0.300 e. The molecule has 0 aliphatic heterocycles. The number of carbonyl (C=O) groups is 2. The summed E-state index contributed by atoms with van der Waals surface area (Å²) in [5.74, 6) is 0.827. The molecule has 92 valence electrons. The van der Waals surface area contributed by atoms with Crippen LogP contribution >= 0.6 is 0 Å². The Bertz CT molecular complexity index is 288. The Morgan fingerprint density at radius 3 is 1.88 bits per heavy atom. The van der Waals surface area contributed by atoms with Gasteiger partial charge in [0.1, 0.15) is 11.6 Å². The predicted octanol–water partition coefficient (Wildman–Crippen LogP) is 3.39. The first kappa shape index (κ1) is 13.4. The van der Waals surface area contributed by atoms with Crippen molar-refractivity contribution < 1.29 is 9.59 Å². The van der Waals surface area contributed by atoms with Crippen LogP contribution in [0.4, 0.5) is 0 Å². The second kappa shape index (κ2) is 4.31. The van der Waals surface area contributed by atoms with E-state index in [0.717, 1.165) is 25.7 Å². The first-order valence-corrected chi connectivity index (χ1v) is 6.22. The van der Waals surface area contributed by atoms with E-state index in [4.69, 9.17) is 0 Å². The zero-order chi connectivity index (χ0) is 12.6. The van der Waals surface area contributed by atoms with Crippen molar-refractivity contribution in [1.29, 1.82) is 0 Å². The third-order valence-corrected chi connectivity index (χ3v) is 3.89. The van der Waals surface area contributed by atoms with Crippen molar-refractivity contribution in [2.24, 2.45) is 16.7 Å². The van der Waals surface area contributed by atoms with Gasteiger partial charge >= 0.3 is 0 Å². The van der Waals surface area contributed by atoms with Crippen LogP contribution in [0.3, 0.4) is 0 Å². The Morgan fingerprint density at radius 1 is 1.12 bits per heavy atom. The lowest BCUT2D eigenvalue weighted by atomic mass is 9.63. The van der Waals surface area contributed by atoms with Crippen LogP contribution in [0.1, 0.15) is 60.3 Å². The summed E-state index contributed by atoms with van der Waals surface area (Å²) < 4.78 is 0. The second-order valence-corrected chi connectivity index (χ2v) is 6.52. The van der Waals surface area contributed by atoms with Crippen LogP contribution in [-0.2, 0) is 9.59 Å². The Labute approximate surface area is 98.8 Å². The maximum Gasteiger partial charge on any atom is 0.144 e. The lowest BCUT2D eigenvalue weighted by Crippen LogP contribution is -2.40. The topological polar surface area (TPSA) is 34.1 Å². The summed E-state index contributed by atoms with van der Waals surface area (Å²) in [7, 11) is 0. The highest BCUT2D eigenvalue weighted by Crippen LogP contribution is 2.43. The van der Waals surface area contributed by atoms with Crippen molar-refractivity contribution in [2.45, 2.75) is 60.3 Å². The molecule has 0 unspecified atom stereocenters. The fourth-order valence-corrected chi connectivity index (χ4v) is 2.79. The molecule has 1 rings (SSSR count). The highest BCUT2D eigenvalue weighted by Gasteiger charge is 2.42. The van der Waals surface area contributed by atoms with Gasteiger partial charge in [-0.2, -0.15) is 0 Å². The molecule has 0 bridgehead atoms. The van der Waals surface area contributed by atoms with E-state index in [2.05, 4.69) is 6.92 Å². The molecule has 0 saturated heterocycles. The third-order valence-electron chi connectivity index (χ3n) is 3.89. The number of ketones is 2.